The number of hydrogen-bond donors (Lipinski definition) is 1. The van der Waals surface area contributed by atoms with Crippen molar-refractivity contribution in [3.05, 3.63) is 102 Å². The molecule has 0 radical (unpaired) electrons. The van der Waals surface area contributed by atoms with E-state index in [9.17, 15) is 0 Å². The molecular weight excluding hydrogens is 422 g/mol. The van der Waals surface area contributed by atoms with Crippen LogP contribution in [0.5, 0.6) is 0 Å². The fourth-order valence-corrected chi connectivity index (χ4v) is 4.09. The van der Waals surface area contributed by atoms with E-state index in [2.05, 4.69) is 101 Å². The van der Waals surface area contributed by atoms with Gasteiger partial charge in [0.2, 0.25) is 5.82 Å². The number of nitrogens with zero attached hydrogens (tertiary/aromatic N) is 6. The molecule has 0 aliphatic carbocycles. The van der Waals surface area contributed by atoms with Crippen LogP contribution < -0.4 is 0 Å². The third kappa shape index (κ3) is 4.64. The van der Waals surface area contributed by atoms with E-state index >= 15 is 0 Å². The molecule has 0 aliphatic rings. The molecule has 2 aromatic heterocycles. The molecule has 0 atom stereocenters. The lowest BCUT2D eigenvalue weighted by molar-refractivity contribution is 0.342. The standard InChI is InChI=1S/C27H27N7/c1-27(2,3)34-25(28-24(31-34)17-19-9-5-4-6-10-19)18-20-13-15-21(16-14-20)22-11-7-8-12-23(22)26-29-32-33-30-26/h4-16H,17-18H2,1-3H3,(H,29,30,32,33). The lowest BCUT2D eigenvalue weighted by Crippen LogP contribution is -2.25. The molecule has 3 aromatic carbocycles. The molecular formula is C27H27N7. The molecule has 0 spiro atoms. The summed E-state index contributed by atoms with van der Waals surface area (Å²) in [6.45, 7) is 6.49. The minimum Gasteiger partial charge on any atom is -0.244 e. The highest BCUT2D eigenvalue weighted by molar-refractivity contribution is 5.80. The molecule has 0 aliphatic heterocycles. The van der Waals surface area contributed by atoms with Crippen molar-refractivity contribution in [3.8, 4) is 22.5 Å². The second-order valence-corrected chi connectivity index (χ2v) is 9.34. The van der Waals surface area contributed by atoms with Crippen LogP contribution in [0.2, 0.25) is 0 Å². The van der Waals surface area contributed by atoms with Gasteiger partial charge in [0, 0.05) is 18.4 Å². The van der Waals surface area contributed by atoms with E-state index in [1.165, 1.54) is 11.1 Å². The summed E-state index contributed by atoms with van der Waals surface area (Å²) in [5, 5.41) is 19.4. The van der Waals surface area contributed by atoms with Gasteiger partial charge in [-0.05, 0) is 48.2 Å². The van der Waals surface area contributed by atoms with E-state index in [0.717, 1.165) is 34.8 Å². The Morgan fingerprint density at radius 3 is 2.12 bits per heavy atom. The van der Waals surface area contributed by atoms with Crippen LogP contribution in [0.15, 0.2) is 78.9 Å². The number of H-pyrrole nitrogens is 1. The summed E-state index contributed by atoms with van der Waals surface area (Å²) in [4.78, 5) is 4.92. The summed E-state index contributed by atoms with van der Waals surface area (Å²) in [7, 11) is 0. The maximum atomic E-state index is 4.92. The van der Waals surface area contributed by atoms with E-state index in [1.807, 2.05) is 24.3 Å². The van der Waals surface area contributed by atoms with Gasteiger partial charge in [-0.15, -0.1) is 10.2 Å². The maximum Gasteiger partial charge on any atom is 0.205 e. The molecule has 5 rings (SSSR count). The van der Waals surface area contributed by atoms with E-state index in [-0.39, 0.29) is 5.54 Å². The van der Waals surface area contributed by atoms with Crippen LogP contribution in [-0.4, -0.2) is 35.4 Å². The third-order valence-corrected chi connectivity index (χ3v) is 5.70. The zero-order valence-electron chi connectivity index (χ0n) is 19.6. The van der Waals surface area contributed by atoms with Crippen LogP contribution in [0.1, 0.15) is 43.5 Å². The SMILES string of the molecule is CC(C)(C)n1nc(Cc2ccccc2)nc1Cc1ccc(-c2ccccc2-c2nn[nH]n2)cc1. The number of nitrogens with one attached hydrogen (secondary N) is 1. The monoisotopic (exact) mass is 449 g/mol. The Hall–Kier alpha value is -4.13. The highest BCUT2D eigenvalue weighted by Crippen LogP contribution is 2.30. The number of hydrogen-bond acceptors (Lipinski definition) is 5. The molecule has 0 unspecified atom stereocenters. The van der Waals surface area contributed by atoms with Gasteiger partial charge in [-0.1, -0.05) is 78.9 Å². The Bertz CT molecular complexity index is 1360. The van der Waals surface area contributed by atoms with Crippen molar-refractivity contribution in [2.24, 2.45) is 0 Å². The summed E-state index contributed by atoms with van der Waals surface area (Å²) in [5.41, 5.74) is 5.36. The maximum absolute atomic E-state index is 4.92. The zero-order chi connectivity index (χ0) is 23.5. The van der Waals surface area contributed by atoms with Crippen LogP contribution in [0, 0.1) is 0 Å². The van der Waals surface area contributed by atoms with E-state index < -0.39 is 0 Å². The molecule has 0 amide bonds. The van der Waals surface area contributed by atoms with Crippen molar-refractivity contribution in [2.75, 3.05) is 0 Å². The number of benzene rings is 3. The van der Waals surface area contributed by atoms with Crippen molar-refractivity contribution in [1.82, 2.24) is 35.4 Å². The smallest absolute Gasteiger partial charge is 0.205 e. The Morgan fingerprint density at radius 2 is 1.44 bits per heavy atom. The summed E-state index contributed by atoms with van der Waals surface area (Å²) in [6.07, 6.45) is 1.44. The van der Waals surface area contributed by atoms with Crippen LogP contribution >= 0.6 is 0 Å². The first kappa shape index (κ1) is 21.7. The quantitative estimate of drug-likeness (QED) is 0.392. The topological polar surface area (TPSA) is 85.2 Å². The largest absolute Gasteiger partial charge is 0.244 e. The minimum absolute atomic E-state index is 0.152. The van der Waals surface area contributed by atoms with Crippen molar-refractivity contribution in [1.29, 1.82) is 0 Å². The first-order valence-electron chi connectivity index (χ1n) is 11.4. The number of aromatic nitrogens is 7. The molecule has 170 valence electrons. The lowest BCUT2D eigenvalue weighted by Gasteiger charge is -2.21. The predicted molar refractivity (Wildman–Crippen MR) is 132 cm³/mol. The molecule has 34 heavy (non-hydrogen) atoms. The van der Waals surface area contributed by atoms with Gasteiger partial charge in [0.05, 0.1) is 5.54 Å². The van der Waals surface area contributed by atoms with E-state index in [0.29, 0.717) is 12.2 Å². The average molecular weight is 450 g/mol. The van der Waals surface area contributed by atoms with Crippen LogP contribution in [0.3, 0.4) is 0 Å². The van der Waals surface area contributed by atoms with E-state index in [4.69, 9.17) is 10.1 Å². The zero-order valence-corrected chi connectivity index (χ0v) is 19.6. The molecule has 5 aromatic rings. The molecule has 7 heteroatoms. The van der Waals surface area contributed by atoms with Crippen molar-refractivity contribution in [3.63, 3.8) is 0 Å². The van der Waals surface area contributed by atoms with Gasteiger partial charge in [-0.3, -0.25) is 0 Å². The Morgan fingerprint density at radius 1 is 0.765 bits per heavy atom. The fourth-order valence-electron chi connectivity index (χ4n) is 4.09. The predicted octanol–water partition coefficient (Wildman–Crippen LogP) is 5.06. The highest BCUT2D eigenvalue weighted by Gasteiger charge is 2.21. The normalized spacial score (nSPS) is 11.6. The molecule has 0 fully saturated rings. The van der Waals surface area contributed by atoms with Crippen molar-refractivity contribution >= 4 is 0 Å². The lowest BCUT2D eigenvalue weighted by atomic mass is 9.97. The van der Waals surface area contributed by atoms with Gasteiger partial charge in [0.25, 0.3) is 0 Å². The minimum atomic E-state index is -0.152. The molecule has 7 nitrogen and oxygen atoms in total. The summed E-state index contributed by atoms with van der Waals surface area (Å²) in [5.74, 6) is 2.41. The van der Waals surface area contributed by atoms with Gasteiger partial charge < -0.3 is 0 Å². The van der Waals surface area contributed by atoms with Gasteiger partial charge in [-0.25, -0.2) is 9.67 Å². The molecule has 0 bridgehead atoms. The summed E-state index contributed by atoms with van der Waals surface area (Å²) < 4.78 is 2.06. The van der Waals surface area contributed by atoms with Crippen LogP contribution in [-0.2, 0) is 18.4 Å². The highest BCUT2D eigenvalue weighted by atomic mass is 15.5. The molecule has 0 saturated carbocycles. The molecule has 0 saturated heterocycles. The van der Waals surface area contributed by atoms with Crippen molar-refractivity contribution in [2.45, 2.75) is 39.2 Å². The van der Waals surface area contributed by atoms with Gasteiger partial charge in [-0.2, -0.15) is 10.3 Å². The number of rotatable bonds is 6. The summed E-state index contributed by atoms with van der Waals surface area (Å²) in [6, 6.07) is 27.0. The van der Waals surface area contributed by atoms with Gasteiger partial charge in [0.1, 0.15) is 5.82 Å². The van der Waals surface area contributed by atoms with Gasteiger partial charge in [0.15, 0.2) is 5.82 Å². The number of aromatic amines is 1. The Labute approximate surface area is 198 Å². The van der Waals surface area contributed by atoms with E-state index in [1.54, 1.807) is 0 Å². The Balaban J connectivity index is 1.41. The van der Waals surface area contributed by atoms with Gasteiger partial charge >= 0.3 is 0 Å². The molecule has 1 N–H and O–H groups in total. The van der Waals surface area contributed by atoms with Crippen molar-refractivity contribution < 1.29 is 0 Å². The second-order valence-electron chi connectivity index (χ2n) is 9.34. The fraction of sp³-hybridized carbons (Fsp3) is 0.222. The first-order valence-corrected chi connectivity index (χ1v) is 11.4. The van der Waals surface area contributed by atoms with Crippen LogP contribution in [0.4, 0.5) is 0 Å². The second kappa shape index (κ2) is 9.02. The van der Waals surface area contributed by atoms with Crippen LogP contribution in [0.25, 0.3) is 22.5 Å². The number of tetrazole rings is 1. The first-order chi connectivity index (χ1) is 16.5. The Kier molecular flexibility index (Phi) is 5.76. The molecule has 2 heterocycles. The average Bonchev–Trinajstić information content (AvgIpc) is 3.51. The third-order valence-electron chi connectivity index (χ3n) is 5.70. The summed E-state index contributed by atoms with van der Waals surface area (Å²) >= 11 is 0.